The number of nitrogens with zero attached hydrogens (tertiary/aromatic N) is 2. The number of ether oxygens (including phenoxy) is 1. The van der Waals surface area contributed by atoms with Gasteiger partial charge in [-0.2, -0.15) is 4.99 Å². The van der Waals surface area contributed by atoms with Crippen molar-refractivity contribution < 1.29 is 14.3 Å². The average Bonchev–Trinajstić information content (AvgIpc) is 3.02. The molecule has 0 bridgehead atoms. The summed E-state index contributed by atoms with van der Waals surface area (Å²) in [6, 6.07) is 15.7. The molecule has 0 spiro atoms. The molecule has 0 fully saturated rings. The summed E-state index contributed by atoms with van der Waals surface area (Å²) in [5.74, 6) is 0.817. The van der Waals surface area contributed by atoms with Crippen molar-refractivity contribution in [3.8, 4) is 0 Å². The van der Waals surface area contributed by atoms with E-state index in [2.05, 4.69) is 10.3 Å². The van der Waals surface area contributed by atoms with E-state index in [0.29, 0.717) is 23.7 Å². The Labute approximate surface area is 177 Å². The molecule has 3 aromatic rings. The fraction of sp³-hybridized carbons (Fsp3) is 0.286. The Balaban J connectivity index is 1.81. The van der Waals surface area contributed by atoms with E-state index in [9.17, 15) is 9.59 Å². The highest BCUT2D eigenvalue weighted by Crippen LogP contribution is 2.22. The zero-order chi connectivity index (χ0) is 20.6. The van der Waals surface area contributed by atoms with Crippen LogP contribution in [-0.2, 0) is 26.6 Å². The second-order valence-electron chi connectivity index (χ2n) is 6.38. The van der Waals surface area contributed by atoms with Crippen molar-refractivity contribution in [1.82, 2.24) is 4.57 Å². The van der Waals surface area contributed by atoms with Gasteiger partial charge in [0.2, 0.25) is 5.91 Å². The first kappa shape index (κ1) is 21.3. The van der Waals surface area contributed by atoms with Crippen LogP contribution < -0.4 is 10.1 Å². The minimum atomic E-state index is -0.161. The third kappa shape index (κ3) is 6.03. The molecule has 1 heterocycles. The summed E-state index contributed by atoms with van der Waals surface area (Å²) in [5, 5.41) is 2.79. The molecule has 0 radical (unpaired) electrons. The third-order valence-electron chi connectivity index (χ3n) is 4.08. The summed E-state index contributed by atoms with van der Waals surface area (Å²) >= 11 is 2.99. The summed E-state index contributed by atoms with van der Waals surface area (Å²) < 4.78 is 8.15. The molecule has 0 aliphatic carbocycles. The molecule has 0 saturated carbocycles. The first-order chi connectivity index (χ1) is 14.1. The second-order valence-corrected chi connectivity index (χ2v) is 8.37. The summed E-state index contributed by atoms with van der Waals surface area (Å²) in [5.41, 5.74) is 2.87. The quantitative estimate of drug-likeness (QED) is 0.593. The topological polar surface area (TPSA) is 72.7 Å². The largest absolute Gasteiger partial charge is 0.383 e. The van der Waals surface area contributed by atoms with Crippen molar-refractivity contribution >= 4 is 50.8 Å². The molecule has 1 aromatic heterocycles. The Morgan fingerprint density at radius 3 is 2.72 bits per heavy atom. The summed E-state index contributed by atoms with van der Waals surface area (Å²) in [6.07, 6.45) is 0. The Kier molecular flexibility index (Phi) is 7.62. The normalized spacial score (nSPS) is 11.7. The van der Waals surface area contributed by atoms with Crippen LogP contribution in [-0.4, -0.2) is 35.9 Å². The van der Waals surface area contributed by atoms with Gasteiger partial charge in [-0.15, -0.1) is 11.8 Å². The smallest absolute Gasteiger partial charge is 0.258 e. The number of methoxy groups -OCH3 is 1. The lowest BCUT2D eigenvalue weighted by Gasteiger charge is -2.05. The number of anilines is 1. The van der Waals surface area contributed by atoms with Gasteiger partial charge in [0.15, 0.2) is 4.80 Å². The van der Waals surface area contributed by atoms with Gasteiger partial charge >= 0.3 is 0 Å². The monoisotopic (exact) mass is 429 g/mol. The lowest BCUT2D eigenvalue weighted by atomic mass is 10.2. The van der Waals surface area contributed by atoms with Crippen LogP contribution in [0.15, 0.2) is 53.5 Å². The predicted octanol–water partition coefficient (Wildman–Crippen LogP) is 3.67. The van der Waals surface area contributed by atoms with Crippen LogP contribution in [0.5, 0.6) is 0 Å². The number of carbonyl (C=O) groups is 2. The number of nitrogens with one attached hydrogen (secondary N) is 1. The molecule has 152 valence electrons. The lowest BCUT2D eigenvalue weighted by Crippen LogP contribution is -2.19. The van der Waals surface area contributed by atoms with Gasteiger partial charge in [0.1, 0.15) is 0 Å². The number of thiazole rings is 1. The van der Waals surface area contributed by atoms with E-state index in [4.69, 9.17) is 4.74 Å². The maximum absolute atomic E-state index is 12.4. The van der Waals surface area contributed by atoms with Crippen molar-refractivity contribution in [2.45, 2.75) is 19.2 Å². The van der Waals surface area contributed by atoms with E-state index >= 15 is 0 Å². The van der Waals surface area contributed by atoms with Crippen LogP contribution in [0.25, 0.3) is 10.2 Å². The lowest BCUT2D eigenvalue weighted by molar-refractivity contribution is -0.116. The van der Waals surface area contributed by atoms with Gasteiger partial charge < -0.3 is 14.6 Å². The summed E-state index contributed by atoms with van der Waals surface area (Å²) in [7, 11) is 1.65. The van der Waals surface area contributed by atoms with E-state index in [0.717, 1.165) is 21.7 Å². The molecule has 0 saturated heterocycles. The van der Waals surface area contributed by atoms with E-state index in [1.54, 1.807) is 18.9 Å². The van der Waals surface area contributed by atoms with Crippen LogP contribution in [0.3, 0.4) is 0 Å². The van der Waals surface area contributed by atoms with Crippen molar-refractivity contribution in [3.63, 3.8) is 0 Å². The van der Waals surface area contributed by atoms with Crippen molar-refractivity contribution in [2.24, 2.45) is 4.99 Å². The van der Waals surface area contributed by atoms with Gasteiger partial charge in [0, 0.05) is 32.0 Å². The first-order valence-corrected chi connectivity index (χ1v) is 11.1. The number of benzene rings is 2. The molecule has 8 heteroatoms. The van der Waals surface area contributed by atoms with Crippen LogP contribution in [0.4, 0.5) is 5.69 Å². The minimum Gasteiger partial charge on any atom is -0.383 e. The van der Waals surface area contributed by atoms with Gasteiger partial charge in [0.05, 0.1) is 22.6 Å². The van der Waals surface area contributed by atoms with Crippen LogP contribution >= 0.6 is 23.1 Å². The molecule has 0 unspecified atom stereocenters. The Bertz CT molecular complexity index is 1060. The third-order valence-corrected chi connectivity index (χ3v) is 6.11. The minimum absolute atomic E-state index is 0.122. The fourth-order valence-corrected chi connectivity index (χ4v) is 4.69. The van der Waals surface area contributed by atoms with Crippen LogP contribution in [0.2, 0.25) is 0 Å². The van der Waals surface area contributed by atoms with Crippen molar-refractivity contribution in [2.75, 3.05) is 24.8 Å². The van der Waals surface area contributed by atoms with Gasteiger partial charge in [0.25, 0.3) is 5.91 Å². The van der Waals surface area contributed by atoms with E-state index < -0.39 is 0 Å². The molecule has 2 amide bonds. The number of carbonyl (C=O) groups excluding carboxylic acids is 2. The molecular formula is C21H23N3O3S2. The number of fused-ring (bicyclic) bond motifs is 1. The molecule has 29 heavy (non-hydrogen) atoms. The standard InChI is InChI=1S/C21H23N3O3S2/c1-15(25)22-17-8-9-18-19(12-17)29-21(24(18)10-11-27-2)23-20(26)14-28-13-16-6-4-3-5-7-16/h3-9,12H,10-11,13-14H2,1-2H3,(H,22,25). The van der Waals surface area contributed by atoms with Gasteiger partial charge in [-0.3, -0.25) is 9.59 Å². The number of aromatic nitrogens is 1. The zero-order valence-electron chi connectivity index (χ0n) is 16.4. The Hall–Kier alpha value is -2.42. The Morgan fingerprint density at radius 2 is 2.00 bits per heavy atom. The predicted molar refractivity (Wildman–Crippen MR) is 119 cm³/mol. The fourth-order valence-electron chi connectivity index (χ4n) is 2.81. The van der Waals surface area contributed by atoms with E-state index in [-0.39, 0.29) is 11.8 Å². The number of thioether (sulfide) groups is 1. The second kappa shape index (κ2) is 10.4. The zero-order valence-corrected chi connectivity index (χ0v) is 18.0. The summed E-state index contributed by atoms with van der Waals surface area (Å²) in [6.45, 7) is 2.59. The molecule has 3 rings (SSSR count). The highest BCUT2D eigenvalue weighted by molar-refractivity contribution is 7.99. The molecule has 1 N–H and O–H groups in total. The van der Waals surface area contributed by atoms with Crippen molar-refractivity contribution in [1.29, 1.82) is 0 Å². The highest BCUT2D eigenvalue weighted by Gasteiger charge is 2.10. The molecule has 2 aromatic carbocycles. The number of rotatable bonds is 8. The highest BCUT2D eigenvalue weighted by atomic mass is 32.2. The van der Waals surface area contributed by atoms with E-state index in [1.165, 1.54) is 23.8 Å². The molecule has 0 aliphatic heterocycles. The van der Waals surface area contributed by atoms with E-state index in [1.807, 2.05) is 53.1 Å². The van der Waals surface area contributed by atoms with Crippen molar-refractivity contribution in [3.05, 3.63) is 58.9 Å². The Morgan fingerprint density at radius 1 is 1.21 bits per heavy atom. The number of hydrogen-bond acceptors (Lipinski definition) is 5. The molecule has 0 aliphatic rings. The number of hydrogen-bond donors (Lipinski definition) is 1. The maximum atomic E-state index is 12.4. The van der Waals surface area contributed by atoms with Gasteiger partial charge in [-0.05, 0) is 23.8 Å². The first-order valence-electron chi connectivity index (χ1n) is 9.16. The maximum Gasteiger partial charge on any atom is 0.258 e. The molecule has 0 atom stereocenters. The van der Waals surface area contributed by atoms with Crippen LogP contribution in [0.1, 0.15) is 12.5 Å². The number of amides is 2. The molecular weight excluding hydrogens is 406 g/mol. The molecule has 6 nitrogen and oxygen atoms in total. The SMILES string of the molecule is COCCn1c(=NC(=O)CSCc2ccccc2)sc2cc(NC(C)=O)ccc21. The van der Waals surface area contributed by atoms with Crippen LogP contribution in [0, 0.1) is 0 Å². The summed E-state index contributed by atoms with van der Waals surface area (Å²) in [4.78, 5) is 28.7. The van der Waals surface area contributed by atoms with Gasteiger partial charge in [-0.25, -0.2) is 0 Å². The average molecular weight is 430 g/mol. The van der Waals surface area contributed by atoms with Gasteiger partial charge in [-0.1, -0.05) is 41.7 Å².